The van der Waals surface area contributed by atoms with Crippen molar-refractivity contribution in [1.82, 2.24) is 5.43 Å². The summed E-state index contributed by atoms with van der Waals surface area (Å²) in [6.07, 6.45) is 0.889. The molecule has 0 aromatic heterocycles. The summed E-state index contributed by atoms with van der Waals surface area (Å²) in [5.41, 5.74) is 21.8. The van der Waals surface area contributed by atoms with E-state index < -0.39 is 5.54 Å². The summed E-state index contributed by atoms with van der Waals surface area (Å²) in [6.45, 7) is 4.54. The normalized spacial score (nSPS) is 14.2. The monoisotopic (exact) mass is 655 g/mol. The molecule has 2 aliphatic rings. The molecule has 7 aromatic rings. The van der Waals surface area contributed by atoms with Crippen molar-refractivity contribution in [3.8, 4) is 33.4 Å². The third kappa shape index (κ3) is 4.96. The number of rotatable bonds is 6. The topological polar surface area (TPSA) is 36.8 Å². The van der Waals surface area contributed by atoms with E-state index in [0.29, 0.717) is 0 Å². The van der Waals surface area contributed by atoms with Crippen LogP contribution in [-0.2, 0) is 12.0 Å². The summed E-state index contributed by atoms with van der Waals surface area (Å²) in [5, 5.41) is 10.0. The first-order valence-electron chi connectivity index (χ1n) is 17.6. The van der Waals surface area contributed by atoms with E-state index in [9.17, 15) is 0 Å². The molecule has 0 radical (unpaired) electrons. The third-order valence-corrected chi connectivity index (χ3v) is 10.7. The van der Waals surface area contributed by atoms with Gasteiger partial charge in [-0.15, -0.1) is 5.11 Å². The molecule has 3 heteroatoms. The van der Waals surface area contributed by atoms with Gasteiger partial charge >= 0.3 is 0 Å². The number of aryl methyl sites for hydroxylation is 1. The lowest BCUT2D eigenvalue weighted by molar-refractivity contribution is 0.602. The van der Waals surface area contributed by atoms with Crippen molar-refractivity contribution in [2.45, 2.75) is 25.8 Å². The molecule has 3 nitrogen and oxygen atoms in total. The van der Waals surface area contributed by atoms with Gasteiger partial charge in [-0.2, -0.15) is 0 Å². The maximum absolute atomic E-state index is 5.19. The van der Waals surface area contributed by atoms with E-state index in [4.69, 9.17) is 10.3 Å². The highest BCUT2D eigenvalue weighted by atomic mass is 15.5. The molecule has 9 rings (SSSR count). The van der Waals surface area contributed by atoms with Gasteiger partial charge in [-0.25, -0.2) is 0 Å². The minimum Gasteiger partial charge on any atom is -0.259 e. The van der Waals surface area contributed by atoms with Gasteiger partial charge in [0, 0.05) is 11.1 Å². The number of hydrogen-bond acceptors (Lipinski definition) is 3. The van der Waals surface area contributed by atoms with Crippen molar-refractivity contribution in [2.24, 2.45) is 10.3 Å². The van der Waals surface area contributed by atoms with Crippen LogP contribution in [0.1, 0.15) is 44.5 Å². The second kappa shape index (κ2) is 12.5. The Morgan fingerprint density at radius 1 is 0.510 bits per heavy atom. The number of fused-ring (bicyclic) bond motifs is 3. The zero-order valence-electron chi connectivity index (χ0n) is 28.8. The maximum atomic E-state index is 5.19. The lowest BCUT2D eigenvalue weighted by Crippen LogP contribution is -2.33. The van der Waals surface area contributed by atoms with E-state index in [1.807, 2.05) is 0 Å². The van der Waals surface area contributed by atoms with Crippen molar-refractivity contribution in [2.75, 3.05) is 0 Å². The summed E-state index contributed by atoms with van der Waals surface area (Å²) in [5.74, 6) is 0. The standard InChI is InChI=1S/C48H37N3/c1-32-30-42-39-27-16-15-22-36(39)31-43(42)44(33(32)2)45-40(34-18-7-3-8-19-34)28-17-29-41(45)47-46(35-20-9-4-10-21-35)48(50-51-49-47,37-23-11-5-12-24-37)38-25-13-6-14-26-38/h3-30H,31H2,1-2H3,(H,49,50). The molecule has 244 valence electrons. The molecule has 0 unspecified atom stereocenters. The fourth-order valence-electron chi connectivity index (χ4n) is 8.27. The van der Waals surface area contributed by atoms with Crippen LogP contribution in [0.25, 0.3) is 44.7 Å². The van der Waals surface area contributed by atoms with Crippen molar-refractivity contribution in [1.29, 1.82) is 0 Å². The lowest BCUT2D eigenvalue weighted by atomic mass is 9.72. The van der Waals surface area contributed by atoms with Crippen molar-refractivity contribution in [3.05, 3.63) is 214 Å². The number of nitrogens with one attached hydrogen (secondary N) is 1. The fraction of sp³-hybridized carbons (Fsp3) is 0.0833. The first kappa shape index (κ1) is 30.7. The predicted molar refractivity (Wildman–Crippen MR) is 210 cm³/mol. The number of benzene rings is 7. The van der Waals surface area contributed by atoms with E-state index in [2.05, 4.69) is 189 Å². The summed E-state index contributed by atoms with van der Waals surface area (Å²) < 4.78 is 0. The van der Waals surface area contributed by atoms with Crippen LogP contribution in [0.4, 0.5) is 0 Å². The summed E-state index contributed by atoms with van der Waals surface area (Å²) in [4.78, 5) is 0. The Balaban J connectivity index is 1.44. The molecule has 0 saturated heterocycles. The predicted octanol–water partition coefficient (Wildman–Crippen LogP) is 12.0. The van der Waals surface area contributed by atoms with Gasteiger partial charge in [-0.05, 0) is 92.6 Å². The molecule has 0 amide bonds. The maximum Gasteiger partial charge on any atom is 0.161 e. The van der Waals surface area contributed by atoms with Crippen molar-refractivity contribution < 1.29 is 0 Å². The number of hydrogen-bond donors (Lipinski definition) is 1. The average Bonchev–Trinajstić information content (AvgIpc) is 3.57. The van der Waals surface area contributed by atoms with Gasteiger partial charge in [0.25, 0.3) is 0 Å². The van der Waals surface area contributed by atoms with Gasteiger partial charge in [-0.1, -0.05) is 175 Å². The quantitative estimate of drug-likeness (QED) is 0.190. The lowest BCUT2D eigenvalue weighted by Gasteiger charge is -2.37. The van der Waals surface area contributed by atoms with E-state index in [-0.39, 0.29) is 0 Å². The fourth-order valence-corrected chi connectivity index (χ4v) is 8.27. The average molecular weight is 656 g/mol. The highest BCUT2D eigenvalue weighted by molar-refractivity contribution is 6.04. The van der Waals surface area contributed by atoms with Crippen LogP contribution < -0.4 is 5.43 Å². The zero-order chi connectivity index (χ0) is 34.4. The summed E-state index contributed by atoms with van der Waals surface area (Å²) >= 11 is 0. The first-order valence-corrected chi connectivity index (χ1v) is 17.6. The summed E-state index contributed by atoms with van der Waals surface area (Å²) in [6, 6.07) is 60.7. The molecule has 0 saturated carbocycles. The molecule has 7 aromatic carbocycles. The van der Waals surface area contributed by atoms with E-state index in [1.54, 1.807) is 0 Å². The smallest absolute Gasteiger partial charge is 0.161 e. The van der Waals surface area contributed by atoms with Gasteiger partial charge in [0.2, 0.25) is 0 Å². The molecule has 1 aliphatic carbocycles. The molecule has 0 spiro atoms. The molecule has 51 heavy (non-hydrogen) atoms. The third-order valence-electron chi connectivity index (χ3n) is 10.7. The van der Waals surface area contributed by atoms with E-state index >= 15 is 0 Å². The second-order valence-electron chi connectivity index (χ2n) is 13.5. The minimum absolute atomic E-state index is 0.889. The molecule has 1 aliphatic heterocycles. The Bertz CT molecular complexity index is 2420. The van der Waals surface area contributed by atoms with Crippen LogP contribution in [0, 0.1) is 13.8 Å². The van der Waals surface area contributed by atoms with Crippen LogP contribution >= 0.6 is 0 Å². The Hall–Kier alpha value is -6.32. The molecule has 0 atom stereocenters. The van der Waals surface area contributed by atoms with Gasteiger partial charge in [0.1, 0.15) is 0 Å². The van der Waals surface area contributed by atoms with Gasteiger partial charge in [-0.3, -0.25) is 5.43 Å². The van der Waals surface area contributed by atoms with Crippen molar-refractivity contribution in [3.63, 3.8) is 0 Å². The Kier molecular flexibility index (Phi) is 7.55. The largest absolute Gasteiger partial charge is 0.259 e. The second-order valence-corrected chi connectivity index (χ2v) is 13.5. The van der Waals surface area contributed by atoms with E-state index in [0.717, 1.165) is 39.9 Å². The Labute approximate surface area is 299 Å². The first-order chi connectivity index (χ1) is 25.1. The Morgan fingerprint density at radius 3 is 1.73 bits per heavy atom. The molecule has 1 heterocycles. The molecular weight excluding hydrogens is 619 g/mol. The zero-order valence-corrected chi connectivity index (χ0v) is 28.8. The minimum atomic E-state index is -0.912. The van der Waals surface area contributed by atoms with Crippen LogP contribution in [0.2, 0.25) is 0 Å². The highest BCUT2D eigenvalue weighted by Gasteiger charge is 2.44. The van der Waals surface area contributed by atoms with Crippen LogP contribution in [0.3, 0.4) is 0 Å². The highest BCUT2D eigenvalue weighted by Crippen LogP contribution is 2.53. The molecule has 1 N–H and O–H groups in total. The van der Waals surface area contributed by atoms with Gasteiger partial charge in [0.15, 0.2) is 5.54 Å². The number of nitrogens with zero attached hydrogens (tertiary/aromatic N) is 2. The van der Waals surface area contributed by atoms with Crippen LogP contribution in [-0.4, -0.2) is 0 Å². The molecule has 0 bridgehead atoms. The summed E-state index contributed by atoms with van der Waals surface area (Å²) in [7, 11) is 0. The molecule has 0 fully saturated rings. The molecular formula is C48H37N3. The van der Waals surface area contributed by atoms with Crippen LogP contribution in [0.5, 0.6) is 0 Å². The SMILES string of the molecule is Cc1cc2c(c(-c3c(C4=C(c5ccccc5)C(c5ccccc5)(c5ccccc5)N=NN4)cccc3-c3ccccc3)c1C)Cc1ccccc1-2. The van der Waals surface area contributed by atoms with Crippen LogP contribution in [0.15, 0.2) is 180 Å². The van der Waals surface area contributed by atoms with Gasteiger partial charge in [0.05, 0.1) is 5.70 Å². The van der Waals surface area contributed by atoms with E-state index in [1.165, 1.54) is 55.6 Å². The van der Waals surface area contributed by atoms with Gasteiger partial charge < -0.3 is 0 Å². The Morgan fingerprint density at radius 2 is 1.06 bits per heavy atom. The van der Waals surface area contributed by atoms with Crippen molar-refractivity contribution >= 4 is 11.3 Å².